The van der Waals surface area contributed by atoms with Crippen molar-refractivity contribution in [3.8, 4) is 0 Å². The molecule has 3 nitrogen and oxygen atoms in total. The van der Waals surface area contributed by atoms with Crippen LogP contribution in [0.15, 0.2) is 12.1 Å². The van der Waals surface area contributed by atoms with Gasteiger partial charge in [-0.3, -0.25) is 4.79 Å². The Bertz CT molecular complexity index is 328. The summed E-state index contributed by atoms with van der Waals surface area (Å²) in [4.78, 5) is 11.5. The van der Waals surface area contributed by atoms with E-state index in [0.29, 0.717) is 0 Å². The van der Waals surface area contributed by atoms with E-state index in [1.807, 2.05) is 12.1 Å². The van der Waals surface area contributed by atoms with Gasteiger partial charge in [-0.1, -0.05) is 0 Å². The highest BCUT2D eigenvalue weighted by Gasteiger charge is 2.17. The molecule has 0 saturated carbocycles. The van der Waals surface area contributed by atoms with E-state index < -0.39 is 0 Å². The van der Waals surface area contributed by atoms with Gasteiger partial charge in [0.1, 0.15) is 0 Å². The van der Waals surface area contributed by atoms with Crippen LogP contribution in [0.2, 0.25) is 0 Å². The number of hydrogen-bond donors (Lipinski definition) is 1. The van der Waals surface area contributed by atoms with Crippen LogP contribution in [0.25, 0.3) is 0 Å². The van der Waals surface area contributed by atoms with Crippen LogP contribution in [0.3, 0.4) is 0 Å². The van der Waals surface area contributed by atoms with Crippen molar-refractivity contribution in [3.63, 3.8) is 0 Å². The van der Waals surface area contributed by atoms with Gasteiger partial charge in [0, 0.05) is 18.7 Å². The zero-order chi connectivity index (χ0) is 9.26. The summed E-state index contributed by atoms with van der Waals surface area (Å²) >= 11 is 0. The van der Waals surface area contributed by atoms with Crippen molar-refractivity contribution in [1.82, 2.24) is 4.57 Å². The first-order chi connectivity index (χ1) is 6.33. The van der Waals surface area contributed by atoms with Crippen LogP contribution in [0.4, 0.5) is 0 Å². The molecule has 3 heteroatoms. The smallest absolute Gasteiger partial charge is 0.181 e. The average molecular weight is 179 g/mol. The number of aryl methyl sites for hydroxylation is 1. The first kappa shape index (κ1) is 8.51. The van der Waals surface area contributed by atoms with Crippen LogP contribution in [-0.4, -0.2) is 22.1 Å². The molecule has 0 radical (unpaired) electrons. The molecule has 0 bridgehead atoms. The van der Waals surface area contributed by atoms with Gasteiger partial charge in [-0.25, -0.2) is 0 Å². The fourth-order valence-corrected chi connectivity index (χ4v) is 1.88. The van der Waals surface area contributed by atoms with Crippen molar-refractivity contribution in [2.24, 2.45) is 0 Å². The second kappa shape index (κ2) is 3.34. The summed E-state index contributed by atoms with van der Waals surface area (Å²) < 4.78 is 2.07. The van der Waals surface area contributed by atoms with Crippen LogP contribution in [-0.2, 0) is 13.0 Å². The lowest BCUT2D eigenvalue weighted by molar-refractivity contribution is 0.0948. The molecular formula is C10H13NO2. The predicted octanol–water partition coefficient (Wildman–Crippen LogP) is 0.999. The minimum absolute atomic E-state index is 0.0515. The topological polar surface area (TPSA) is 42.2 Å². The molecule has 1 aromatic heterocycles. The molecule has 13 heavy (non-hydrogen) atoms. The van der Waals surface area contributed by atoms with Crippen LogP contribution in [0.1, 0.15) is 29.0 Å². The van der Waals surface area contributed by atoms with E-state index >= 15 is 0 Å². The number of hydrogen-bond acceptors (Lipinski definition) is 2. The first-order valence-corrected chi connectivity index (χ1v) is 4.65. The largest absolute Gasteiger partial charge is 0.396 e. The zero-order valence-electron chi connectivity index (χ0n) is 7.49. The Hall–Kier alpha value is -1.09. The first-order valence-electron chi connectivity index (χ1n) is 4.65. The third kappa shape index (κ3) is 1.40. The van der Waals surface area contributed by atoms with Crippen molar-refractivity contribution in [2.45, 2.75) is 25.8 Å². The summed E-state index contributed by atoms with van der Waals surface area (Å²) in [5.74, 6) is 0.0515. The van der Waals surface area contributed by atoms with Gasteiger partial charge < -0.3 is 9.67 Å². The van der Waals surface area contributed by atoms with Crippen LogP contribution < -0.4 is 0 Å². The molecule has 1 N–H and O–H groups in total. The minimum atomic E-state index is -0.0562. The SMILES string of the molecule is O=C(CCO)c1ccc2n1CCC2. The Kier molecular flexibility index (Phi) is 2.19. The molecule has 0 saturated heterocycles. The van der Waals surface area contributed by atoms with Crippen LogP contribution in [0, 0.1) is 0 Å². The predicted molar refractivity (Wildman–Crippen MR) is 48.8 cm³/mol. The van der Waals surface area contributed by atoms with Gasteiger partial charge in [-0.15, -0.1) is 0 Å². The van der Waals surface area contributed by atoms with Crippen molar-refractivity contribution in [3.05, 3.63) is 23.5 Å². The molecule has 1 aliphatic heterocycles. The van der Waals surface area contributed by atoms with Gasteiger partial charge in [0.15, 0.2) is 5.78 Å². The van der Waals surface area contributed by atoms with E-state index in [0.717, 1.165) is 25.1 Å². The summed E-state index contributed by atoms with van der Waals surface area (Å²) in [6.07, 6.45) is 2.45. The Balaban J connectivity index is 2.26. The van der Waals surface area contributed by atoms with E-state index in [-0.39, 0.29) is 18.8 Å². The Labute approximate surface area is 77.0 Å². The number of fused-ring (bicyclic) bond motifs is 1. The van der Waals surface area contributed by atoms with Crippen molar-refractivity contribution >= 4 is 5.78 Å². The third-order valence-corrected chi connectivity index (χ3v) is 2.51. The minimum Gasteiger partial charge on any atom is -0.396 e. The lowest BCUT2D eigenvalue weighted by Crippen LogP contribution is -2.08. The van der Waals surface area contributed by atoms with E-state index in [4.69, 9.17) is 5.11 Å². The molecule has 1 aliphatic rings. The van der Waals surface area contributed by atoms with Gasteiger partial charge >= 0.3 is 0 Å². The number of carbonyl (C=O) groups excluding carboxylic acids is 1. The molecule has 70 valence electrons. The second-order valence-corrected chi connectivity index (χ2v) is 3.36. The lowest BCUT2D eigenvalue weighted by atomic mass is 10.2. The Morgan fingerprint density at radius 3 is 3.15 bits per heavy atom. The summed E-state index contributed by atoms with van der Waals surface area (Å²) in [5, 5.41) is 8.65. The van der Waals surface area contributed by atoms with Crippen LogP contribution >= 0.6 is 0 Å². The number of rotatable bonds is 3. The van der Waals surface area contributed by atoms with Gasteiger partial charge in [-0.2, -0.15) is 0 Å². The summed E-state index contributed by atoms with van der Waals surface area (Å²) in [5.41, 5.74) is 2.02. The molecule has 0 fully saturated rings. The average Bonchev–Trinajstić information content (AvgIpc) is 2.62. The van der Waals surface area contributed by atoms with E-state index in [2.05, 4.69) is 4.57 Å². The monoisotopic (exact) mass is 179 g/mol. The molecule has 2 rings (SSSR count). The number of carbonyl (C=O) groups is 1. The number of ketones is 1. The van der Waals surface area contributed by atoms with Crippen molar-refractivity contribution < 1.29 is 9.90 Å². The lowest BCUT2D eigenvalue weighted by Gasteiger charge is -2.03. The van der Waals surface area contributed by atoms with Crippen molar-refractivity contribution in [1.29, 1.82) is 0 Å². The number of aromatic nitrogens is 1. The fourth-order valence-electron chi connectivity index (χ4n) is 1.88. The molecule has 0 spiro atoms. The number of aliphatic hydroxyl groups is 1. The molecule has 1 aromatic rings. The quantitative estimate of drug-likeness (QED) is 0.703. The maximum atomic E-state index is 11.5. The van der Waals surface area contributed by atoms with Gasteiger partial charge in [-0.05, 0) is 25.0 Å². The van der Waals surface area contributed by atoms with E-state index in [9.17, 15) is 4.79 Å². The second-order valence-electron chi connectivity index (χ2n) is 3.36. The Morgan fingerprint density at radius 1 is 1.54 bits per heavy atom. The summed E-state index contributed by atoms with van der Waals surface area (Å²) in [6, 6.07) is 3.88. The van der Waals surface area contributed by atoms with Gasteiger partial charge in [0.05, 0.1) is 12.3 Å². The van der Waals surface area contributed by atoms with E-state index in [1.54, 1.807) is 0 Å². The Morgan fingerprint density at radius 2 is 2.38 bits per heavy atom. The highest BCUT2D eigenvalue weighted by Crippen LogP contribution is 2.19. The highest BCUT2D eigenvalue weighted by molar-refractivity contribution is 5.94. The maximum absolute atomic E-state index is 11.5. The maximum Gasteiger partial charge on any atom is 0.181 e. The number of aliphatic hydroxyl groups excluding tert-OH is 1. The molecule has 0 aromatic carbocycles. The zero-order valence-corrected chi connectivity index (χ0v) is 7.49. The van der Waals surface area contributed by atoms with Gasteiger partial charge in [0.2, 0.25) is 0 Å². The van der Waals surface area contributed by atoms with Crippen molar-refractivity contribution in [2.75, 3.05) is 6.61 Å². The third-order valence-electron chi connectivity index (χ3n) is 2.51. The fraction of sp³-hybridized carbons (Fsp3) is 0.500. The standard InChI is InChI=1S/C10H13NO2/c12-7-5-10(13)9-4-3-8-2-1-6-11(8)9/h3-4,12H,1-2,5-7H2. The van der Waals surface area contributed by atoms with Crippen LogP contribution in [0.5, 0.6) is 0 Å². The summed E-state index contributed by atoms with van der Waals surface area (Å²) in [7, 11) is 0. The molecule has 0 atom stereocenters. The molecule has 0 aliphatic carbocycles. The van der Waals surface area contributed by atoms with E-state index in [1.165, 1.54) is 5.69 Å². The molecule has 0 unspecified atom stereocenters. The molecule has 0 amide bonds. The number of Topliss-reactive ketones (excluding diaryl/α,β-unsaturated/α-hetero) is 1. The molecular weight excluding hydrogens is 166 g/mol. The highest BCUT2D eigenvalue weighted by atomic mass is 16.3. The van der Waals surface area contributed by atoms with Gasteiger partial charge in [0.25, 0.3) is 0 Å². The normalized spacial score (nSPS) is 14.5. The molecule has 2 heterocycles. The summed E-state index contributed by atoms with van der Waals surface area (Å²) in [6.45, 7) is 0.897. The number of nitrogens with zero attached hydrogens (tertiary/aromatic N) is 1.